The summed E-state index contributed by atoms with van der Waals surface area (Å²) < 4.78 is 7.62. The van der Waals surface area contributed by atoms with Crippen LogP contribution in [0.1, 0.15) is 58.2 Å². The minimum Gasteiger partial charge on any atom is -0.474 e. The normalized spacial score (nSPS) is 12.1. The molecule has 5 nitrogen and oxygen atoms in total. The van der Waals surface area contributed by atoms with E-state index in [-0.39, 0.29) is 6.10 Å². The first-order valence-electron chi connectivity index (χ1n) is 7.01. The predicted molar refractivity (Wildman–Crippen MR) is 78.3 cm³/mol. The lowest BCUT2D eigenvalue weighted by atomic mass is 10.1. The van der Waals surface area contributed by atoms with Crippen LogP contribution in [0.4, 0.5) is 0 Å². The molecule has 0 saturated heterocycles. The van der Waals surface area contributed by atoms with E-state index >= 15 is 0 Å². The second kappa shape index (κ2) is 9.42. The van der Waals surface area contributed by atoms with Crippen molar-refractivity contribution in [2.45, 2.75) is 60.0 Å². The van der Waals surface area contributed by atoms with E-state index in [4.69, 9.17) is 9.94 Å². The number of oxime groups is 1. The van der Waals surface area contributed by atoms with E-state index in [0.29, 0.717) is 5.88 Å². The average molecular weight is 269 g/mol. The molecule has 1 aromatic rings. The van der Waals surface area contributed by atoms with Crippen LogP contribution in [-0.2, 0) is 7.05 Å². The summed E-state index contributed by atoms with van der Waals surface area (Å²) >= 11 is 0. The fourth-order valence-electron chi connectivity index (χ4n) is 1.83. The second-order valence-electron chi connectivity index (χ2n) is 4.11. The molecule has 1 aromatic heterocycles. The van der Waals surface area contributed by atoms with Gasteiger partial charge < -0.3 is 9.94 Å². The van der Waals surface area contributed by atoms with E-state index < -0.39 is 0 Å². The van der Waals surface area contributed by atoms with Crippen LogP contribution >= 0.6 is 0 Å². The van der Waals surface area contributed by atoms with Crippen molar-refractivity contribution in [1.29, 1.82) is 0 Å². The van der Waals surface area contributed by atoms with Gasteiger partial charge in [-0.05, 0) is 19.8 Å². The number of hydrogen-bond acceptors (Lipinski definition) is 4. The van der Waals surface area contributed by atoms with Crippen molar-refractivity contribution in [1.82, 2.24) is 9.78 Å². The highest BCUT2D eigenvalue weighted by Crippen LogP contribution is 2.22. The van der Waals surface area contributed by atoms with E-state index in [2.05, 4.69) is 24.1 Å². The highest BCUT2D eigenvalue weighted by Gasteiger charge is 2.16. The number of rotatable bonds is 6. The lowest BCUT2D eigenvalue weighted by molar-refractivity contribution is 0.170. The Balaban J connectivity index is 0.00000154. The highest BCUT2D eigenvalue weighted by molar-refractivity contribution is 5.83. The van der Waals surface area contributed by atoms with Gasteiger partial charge >= 0.3 is 0 Å². The van der Waals surface area contributed by atoms with Gasteiger partial charge in [0.2, 0.25) is 5.88 Å². The highest BCUT2D eigenvalue weighted by atomic mass is 16.5. The molecule has 0 aliphatic heterocycles. The zero-order valence-corrected chi connectivity index (χ0v) is 13.0. The van der Waals surface area contributed by atoms with Gasteiger partial charge in [0.25, 0.3) is 0 Å². The summed E-state index contributed by atoms with van der Waals surface area (Å²) in [6.45, 7) is 10.1. The molecule has 0 spiro atoms. The molecule has 5 heteroatoms. The number of ether oxygens (including phenoxy) is 1. The standard InChI is InChI=1S/C12H21N3O2.C2H6/c1-5-7-10(6-2)17-12-11(8-13-16)9(3)14-15(12)4;1-2/h8,10,16H,5-7H2,1-4H3;1-2H3. The molecule has 1 atom stereocenters. The van der Waals surface area contributed by atoms with Crippen molar-refractivity contribution >= 4 is 6.21 Å². The van der Waals surface area contributed by atoms with Crippen LogP contribution in [0.25, 0.3) is 0 Å². The zero-order chi connectivity index (χ0) is 14.8. The molecule has 0 fully saturated rings. The van der Waals surface area contributed by atoms with E-state index in [1.54, 1.807) is 4.68 Å². The van der Waals surface area contributed by atoms with Gasteiger partial charge in [-0.25, -0.2) is 4.68 Å². The summed E-state index contributed by atoms with van der Waals surface area (Å²) in [6, 6.07) is 0. The SMILES string of the molecule is CC.CCCC(CC)Oc1c(C=NO)c(C)nn1C. The topological polar surface area (TPSA) is 59.6 Å². The summed E-state index contributed by atoms with van der Waals surface area (Å²) in [4.78, 5) is 0. The van der Waals surface area contributed by atoms with Gasteiger partial charge in [0.05, 0.1) is 17.5 Å². The Morgan fingerprint density at radius 2 is 2.05 bits per heavy atom. The Morgan fingerprint density at radius 1 is 1.42 bits per heavy atom. The molecule has 0 amide bonds. The summed E-state index contributed by atoms with van der Waals surface area (Å²) in [6.07, 6.45) is 4.60. The smallest absolute Gasteiger partial charge is 0.221 e. The van der Waals surface area contributed by atoms with Gasteiger partial charge in [-0.15, -0.1) is 0 Å². The maximum Gasteiger partial charge on any atom is 0.221 e. The third-order valence-electron chi connectivity index (χ3n) is 2.75. The zero-order valence-electron chi connectivity index (χ0n) is 13.0. The third kappa shape index (κ3) is 4.93. The summed E-state index contributed by atoms with van der Waals surface area (Å²) in [7, 11) is 1.83. The minimum atomic E-state index is 0.181. The summed E-state index contributed by atoms with van der Waals surface area (Å²) in [5.74, 6) is 0.667. The first kappa shape index (κ1) is 17.5. The second-order valence-corrected chi connectivity index (χ2v) is 4.11. The fraction of sp³-hybridized carbons (Fsp3) is 0.714. The van der Waals surface area contributed by atoms with Gasteiger partial charge in [-0.1, -0.05) is 39.3 Å². The van der Waals surface area contributed by atoms with Crippen molar-refractivity contribution in [3.05, 3.63) is 11.3 Å². The molecule has 0 aliphatic carbocycles. The van der Waals surface area contributed by atoms with E-state index in [1.165, 1.54) is 6.21 Å². The molecule has 0 aromatic carbocycles. The molecule has 1 heterocycles. The predicted octanol–water partition coefficient (Wildman–Crippen LogP) is 3.52. The molecule has 1 rings (SSSR count). The average Bonchev–Trinajstić information content (AvgIpc) is 2.67. The molecule has 110 valence electrons. The third-order valence-corrected chi connectivity index (χ3v) is 2.75. The lowest BCUT2D eigenvalue weighted by Crippen LogP contribution is -2.17. The van der Waals surface area contributed by atoms with Crippen LogP contribution in [0, 0.1) is 6.92 Å². The molecule has 0 aliphatic rings. The molecule has 1 N–H and O–H groups in total. The van der Waals surface area contributed by atoms with E-state index in [0.717, 1.165) is 30.5 Å². The molecular formula is C14H27N3O2. The van der Waals surface area contributed by atoms with Gasteiger partial charge in [0.15, 0.2) is 0 Å². The van der Waals surface area contributed by atoms with Gasteiger partial charge in [-0.2, -0.15) is 5.10 Å². The largest absolute Gasteiger partial charge is 0.474 e. The van der Waals surface area contributed by atoms with Crippen molar-refractivity contribution in [2.75, 3.05) is 0 Å². The van der Waals surface area contributed by atoms with Crippen molar-refractivity contribution in [3.63, 3.8) is 0 Å². The molecule has 19 heavy (non-hydrogen) atoms. The number of nitrogens with zero attached hydrogens (tertiary/aromatic N) is 3. The maximum atomic E-state index is 8.65. The molecule has 0 radical (unpaired) electrons. The van der Waals surface area contributed by atoms with Crippen LogP contribution in [0.15, 0.2) is 5.16 Å². The number of aryl methyl sites for hydroxylation is 2. The minimum absolute atomic E-state index is 0.181. The number of aromatic nitrogens is 2. The Bertz CT molecular complexity index is 386. The van der Waals surface area contributed by atoms with E-state index in [9.17, 15) is 0 Å². The van der Waals surface area contributed by atoms with Crippen LogP contribution in [0.3, 0.4) is 0 Å². The Morgan fingerprint density at radius 3 is 2.53 bits per heavy atom. The molecule has 1 unspecified atom stereocenters. The quantitative estimate of drug-likeness (QED) is 0.488. The summed E-state index contributed by atoms with van der Waals surface area (Å²) in [5, 5.41) is 16.0. The Labute approximate surface area is 116 Å². The van der Waals surface area contributed by atoms with Crippen LogP contribution in [-0.4, -0.2) is 27.3 Å². The Hall–Kier alpha value is -1.52. The van der Waals surface area contributed by atoms with Crippen molar-refractivity contribution in [2.24, 2.45) is 12.2 Å². The van der Waals surface area contributed by atoms with Gasteiger partial charge in [0, 0.05) is 7.05 Å². The Kier molecular flexibility index (Phi) is 8.66. The van der Waals surface area contributed by atoms with Crippen LogP contribution < -0.4 is 4.74 Å². The molecule has 0 bridgehead atoms. The summed E-state index contributed by atoms with van der Waals surface area (Å²) in [5.41, 5.74) is 1.54. The first-order valence-corrected chi connectivity index (χ1v) is 7.01. The first-order chi connectivity index (χ1) is 9.13. The van der Waals surface area contributed by atoms with Crippen molar-refractivity contribution < 1.29 is 9.94 Å². The van der Waals surface area contributed by atoms with E-state index in [1.807, 2.05) is 27.8 Å². The maximum absolute atomic E-state index is 8.65. The molecular weight excluding hydrogens is 242 g/mol. The van der Waals surface area contributed by atoms with Gasteiger partial charge in [-0.3, -0.25) is 0 Å². The number of hydrogen-bond donors (Lipinski definition) is 1. The monoisotopic (exact) mass is 269 g/mol. The fourth-order valence-corrected chi connectivity index (χ4v) is 1.83. The molecule has 0 saturated carbocycles. The van der Waals surface area contributed by atoms with Crippen molar-refractivity contribution in [3.8, 4) is 5.88 Å². The lowest BCUT2D eigenvalue weighted by Gasteiger charge is -2.17. The van der Waals surface area contributed by atoms with Gasteiger partial charge in [0.1, 0.15) is 6.10 Å². The van der Waals surface area contributed by atoms with Crippen LogP contribution in [0.2, 0.25) is 0 Å². The van der Waals surface area contributed by atoms with Crippen LogP contribution in [0.5, 0.6) is 5.88 Å².